The van der Waals surface area contributed by atoms with E-state index in [-0.39, 0.29) is 58.2 Å². The van der Waals surface area contributed by atoms with E-state index in [2.05, 4.69) is 5.32 Å². The van der Waals surface area contributed by atoms with Gasteiger partial charge in [-0.1, -0.05) is 13.8 Å². The predicted octanol–water partition coefficient (Wildman–Crippen LogP) is 2.97. The standard InChI is InChI=1S/C26H25N3O6/c1-14(2)12-28-23(31)18-7-5-15(10-20(18)25(28)33)22(30)27-16-6-8-19-21(11-16)26(34)29(24(19)32)13-17-4-3-9-35-17/h5-8,10-11,14,17H,3-4,9,12-13H2,1-2H3,(H,27,30). The van der Waals surface area contributed by atoms with E-state index in [0.717, 1.165) is 12.8 Å². The zero-order valence-corrected chi connectivity index (χ0v) is 19.5. The van der Waals surface area contributed by atoms with Crippen molar-refractivity contribution in [3.05, 3.63) is 64.2 Å². The molecule has 2 aromatic carbocycles. The van der Waals surface area contributed by atoms with Crippen molar-refractivity contribution >= 4 is 35.2 Å². The van der Waals surface area contributed by atoms with Crippen molar-refractivity contribution in [2.75, 3.05) is 25.0 Å². The highest BCUT2D eigenvalue weighted by molar-refractivity contribution is 6.23. The number of ether oxygens (including phenoxy) is 1. The first-order chi connectivity index (χ1) is 16.7. The van der Waals surface area contributed by atoms with Gasteiger partial charge in [0.05, 0.1) is 34.9 Å². The number of benzene rings is 2. The van der Waals surface area contributed by atoms with Crippen LogP contribution in [0.5, 0.6) is 0 Å². The Morgan fingerprint density at radius 3 is 2.23 bits per heavy atom. The van der Waals surface area contributed by atoms with Crippen molar-refractivity contribution in [1.82, 2.24) is 9.80 Å². The van der Waals surface area contributed by atoms with Gasteiger partial charge in [0.2, 0.25) is 0 Å². The number of hydrogen-bond acceptors (Lipinski definition) is 6. The van der Waals surface area contributed by atoms with Crippen molar-refractivity contribution in [2.45, 2.75) is 32.8 Å². The highest BCUT2D eigenvalue weighted by Gasteiger charge is 2.38. The Bertz CT molecular complexity index is 1280. The molecule has 0 radical (unpaired) electrons. The minimum Gasteiger partial charge on any atom is -0.376 e. The average molecular weight is 476 g/mol. The first kappa shape index (κ1) is 22.9. The molecule has 5 amide bonds. The number of amides is 5. The number of nitrogens with zero attached hydrogens (tertiary/aromatic N) is 2. The summed E-state index contributed by atoms with van der Waals surface area (Å²) in [5, 5.41) is 2.72. The Morgan fingerprint density at radius 2 is 1.54 bits per heavy atom. The highest BCUT2D eigenvalue weighted by Crippen LogP contribution is 2.29. The van der Waals surface area contributed by atoms with E-state index in [4.69, 9.17) is 4.74 Å². The van der Waals surface area contributed by atoms with Crippen LogP contribution < -0.4 is 5.32 Å². The molecule has 1 N–H and O–H groups in total. The molecule has 1 unspecified atom stereocenters. The van der Waals surface area contributed by atoms with Crippen LogP contribution in [-0.4, -0.2) is 65.1 Å². The Hall–Kier alpha value is -3.85. The first-order valence-corrected chi connectivity index (χ1v) is 11.7. The maximum Gasteiger partial charge on any atom is 0.261 e. The van der Waals surface area contributed by atoms with Crippen molar-refractivity contribution in [2.24, 2.45) is 5.92 Å². The molecular formula is C26H25N3O6. The monoisotopic (exact) mass is 475 g/mol. The highest BCUT2D eigenvalue weighted by atomic mass is 16.5. The van der Waals surface area contributed by atoms with E-state index < -0.39 is 17.7 Å². The van der Waals surface area contributed by atoms with E-state index in [9.17, 15) is 24.0 Å². The maximum absolute atomic E-state index is 12.9. The lowest BCUT2D eigenvalue weighted by Gasteiger charge is -2.17. The second-order valence-electron chi connectivity index (χ2n) is 9.45. The summed E-state index contributed by atoms with van der Waals surface area (Å²) >= 11 is 0. The van der Waals surface area contributed by atoms with E-state index in [0.29, 0.717) is 18.8 Å². The molecule has 3 heterocycles. The van der Waals surface area contributed by atoms with Gasteiger partial charge in [0.25, 0.3) is 29.5 Å². The van der Waals surface area contributed by atoms with Crippen LogP contribution in [0, 0.1) is 5.92 Å². The van der Waals surface area contributed by atoms with Crippen LogP contribution in [0.25, 0.3) is 0 Å². The summed E-state index contributed by atoms with van der Waals surface area (Å²) in [6, 6.07) is 8.95. The van der Waals surface area contributed by atoms with Crippen LogP contribution >= 0.6 is 0 Å². The fourth-order valence-corrected chi connectivity index (χ4v) is 4.69. The molecule has 3 aliphatic heterocycles. The van der Waals surface area contributed by atoms with E-state index in [1.807, 2.05) is 13.8 Å². The number of nitrogens with one attached hydrogen (secondary N) is 1. The summed E-state index contributed by atoms with van der Waals surface area (Å²) in [7, 11) is 0. The SMILES string of the molecule is CC(C)CN1C(=O)c2ccc(C(=O)Nc3ccc4c(c3)C(=O)N(CC3CCCO3)C4=O)cc2C1=O. The number of anilines is 1. The van der Waals surface area contributed by atoms with Gasteiger partial charge < -0.3 is 10.1 Å². The van der Waals surface area contributed by atoms with Gasteiger partial charge in [0.1, 0.15) is 0 Å². The zero-order valence-electron chi connectivity index (χ0n) is 19.5. The molecule has 2 aromatic rings. The van der Waals surface area contributed by atoms with Gasteiger partial charge in [-0.25, -0.2) is 0 Å². The average Bonchev–Trinajstić information content (AvgIpc) is 3.49. The molecule has 3 aliphatic rings. The molecule has 5 rings (SSSR count). The van der Waals surface area contributed by atoms with Crippen LogP contribution in [0.3, 0.4) is 0 Å². The molecule has 1 atom stereocenters. The topological polar surface area (TPSA) is 113 Å². The van der Waals surface area contributed by atoms with E-state index in [1.54, 1.807) is 6.07 Å². The molecular weight excluding hydrogens is 450 g/mol. The Morgan fingerprint density at radius 1 is 0.914 bits per heavy atom. The molecule has 9 nitrogen and oxygen atoms in total. The maximum atomic E-state index is 12.9. The second kappa shape index (κ2) is 8.74. The molecule has 180 valence electrons. The number of carbonyl (C=O) groups excluding carboxylic acids is 5. The van der Waals surface area contributed by atoms with Crippen LogP contribution in [0.1, 0.15) is 78.5 Å². The summed E-state index contributed by atoms with van der Waals surface area (Å²) in [6.07, 6.45) is 1.56. The number of rotatable bonds is 6. The number of fused-ring (bicyclic) bond motifs is 2. The largest absolute Gasteiger partial charge is 0.376 e. The fraction of sp³-hybridized carbons (Fsp3) is 0.346. The van der Waals surface area contributed by atoms with Gasteiger partial charge in [-0.2, -0.15) is 0 Å². The van der Waals surface area contributed by atoms with Crippen molar-refractivity contribution < 1.29 is 28.7 Å². The Labute approximate surface area is 202 Å². The normalized spacial score (nSPS) is 19.1. The van der Waals surface area contributed by atoms with Crippen LogP contribution in [0.2, 0.25) is 0 Å². The lowest BCUT2D eigenvalue weighted by atomic mass is 10.0. The molecule has 0 aromatic heterocycles. The van der Waals surface area contributed by atoms with Crippen molar-refractivity contribution in [1.29, 1.82) is 0 Å². The molecule has 35 heavy (non-hydrogen) atoms. The second-order valence-corrected chi connectivity index (χ2v) is 9.45. The lowest BCUT2D eigenvalue weighted by molar-refractivity contribution is 0.0474. The minimum atomic E-state index is -0.497. The molecule has 0 aliphatic carbocycles. The van der Waals surface area contributed by atoms with Crippen molar-refractivity contribution in [3.63, 3.8) is 0 Å². The van der Waals surface area contributed by atoms with Gasteiger partial charge in [-0.05, 0) is 55.2 Å². The van der Waals surface area contributed by atoms with Crippen LogP contribution in [0.4, 0.5) is 5.69 Å². The van der Waals surface area contributed by atoms with E-state index >= 15 is 0 Å². The summed E-state index contributed by atoms with van der Waals surface area (Å²) < 4.78 is 5.56. The number of imide groups is 2. The number of hydrogen-bond donors (Lipinski definition) is 1. The summed E-state index contributed by atoms with van der Waals surface area (Å²) in [6.45, 7) is 4.98. The quantitative estimate of drug-likeness (QED) is 0.643. The Kier molecular flexibility index (Phi) is 5.72. The van der Waals surface area contributed by atoms with Gasteiger partial charge >= 0.3 is 0 Å². The first-order valence-electron chi connectivity index (χ1n) is 11.7. The smallest absolute Gasteiger partial charge is 0.261 e. The molecule has 9 heteroatoms. The minimum absolute atomic E-state index is 0.121. The zero-order chi connectivity index (χ0) is 24.9. The van der Waals surface area contributed by atoms with Gasteiger partial charge in [-0.3, -0.25) is 33.8 Å². The molecule has 1 fully saturated rings. The molecule has 0 bridgehead atoms. The third kappa shape index (κ3) is 4.01. The van der Waals surface area contributed by atoms with Crippen LogP contribution in [0.15, 0.2) is 36.4 Å². The van der Waals surface area contributed by atoms with E-state index in [1.165, 1.54) is 40.1 Å². The van der Waals surface area contributed by atoms with Crippen LogP contribution in [-0.2, 0) is 4.74 Å². The Balaban J connectivity index is 1.33. The molecule has 0 spiro atoms. The molecule has 1 saturated heterocycles. The third-order valence-electron chi connectivity index (χ3n) is 6.42. The fourth-order valence-electron chi connectivity index (χ4n) is 4.69. The molecule has 0 saturated carbocycles. The summed E-state index contributed by atoms with van der Waals surface area (Å²) in [5.74, 6) is -1.93. The van der Waals surface area contributed by atoms with Gasteiger partial charge in [-0.15, -0.1) is 0 Å². The third-order valence-corrected chi connectivity index (χ3v) is 6.42. The number of carbonyl (C=O) groups is 5. The summed E-state index contributed by atoms with van der Waals surface area (Å²) in [5.41, 5.74) is 1.54. The van der Waals surface area contributed by atoms with Crippen molar-refractivity contribution in [3.8, 4) is 0 Å². The lowest BCUT2D eigenvalue weighted by Crippen LogP contribution is -2.36. The van der Waals surface area contributed by atoms with Gasteiger partial charge in [0.15, 0.2) is 0 Å². The predicted molar refractivity (Wildman–Crippen MR) is 125 cm³/mol. The van der Waals surface area contributed by atoms with Gasteiger partial charge in [0, 0.05) is 24.4 Å². The summed E-state index contributed by atoms with van der Waals surface area (Å²) in [4.78, 5) is 66.1.